The van der Waals surface area contributed by atoms with Crippen molar-refractivity contribution in [3.05, 3.63) is 35.0 Å². The van der Waals surface area contributed by atoms with Gasteiger partial charge >= 0.3 is 0 Å². The van der Waals surface area contributed by atoms with E-state index in [1.54, 1.807) is 13.2 Å². The third-order valence-corrected chi connectivity index (χ3v) is 5.24. The molecule has 2 amide bonds. The van der Waals surface area contributed by atoms with Crippen LogP contribution in [0.25, 0.3) is 0 Å². The normalized spacial score (nSPS) is 15.0. The van der Waals surface area contributed by atoms with E-state index in [9.17, 15) is 9.59 Å². The van der Waals surface area contributed by atoms with E-state index in [1.807, 2.05) is 25.7 Å². The molecule has 1 fully saturated rings. The number of carbonyl (C=O) groups is 2. The minimum Gasteiger partial charge on any atom is -0.355 e. The van der Waals surface area contributed by atoms with E-state index in [2.05, 4.69) is 25.4 Å². The van der Waals surface area contributed by atoms with Crippen LogP contribution < -0.4 is 5.32 Å². The number of aromatic nitrogens is 4. The quantitative estimate of drug-likeness (QED) is 0.788. The lowest BCUT2D eigenvalue weighted by Gasteiger charge is -2.31. The number of piperidine rings is 1. The van der Waals surface area contributed by atoms with Crippen LogP contribution in [-0.4, -0.2) is 57.0 Å². The predicted molar refractivity (Wildman–Crippen MR) is 105 cm³/mol. The Morgan fingerprint density at radius 3 is 2.59 bits per heavy atom. The maximum Gasteiger partial charge on any atom is 0.254 e. The van der Waals surface area contributed by atoms with Crippen LogP contribution in [0, 0.1) is 6.92 Å². The van der Waals surface area contributed by atoms with Crippen LogP contribution in [0.2, 0.25) is 0 Å². The highest BCUT2D eigenvalue weighted by Gasteiger charge is 2.26. The third kappa shape index (κ3) is 4.96. The van der Waals surface area contributed by atoms with Crippen molar-refractivity contribution >= 4 is 11.8 Å². The summed E-state index contributed by atoms with van der Waals surface area (Å²) in [6.45, 7) is 7.16. The van der Waals surface area contributed by atoms with E-state index in [4.69, 9.17) is 4.52 Å². The highest BCUT2D eigenvalue weighted by molar-refractivity contribution is 5.94. The molecule has 3 rings (SSSR count). The van der Waals surface area contributed by atoms with Crippen LogP contribution in [0.5, 0.6) is 0 Å². The molecule has 0 atom stereocenters. The maximum atomic E-state index is 12.5. The molecule has 9 heteroatoms. The van der Waals surface area contributed by atoms with Crippen LogP contribution in [0.1, 0.15) is 78.5 Å². The summed E-state index contributed by atoms with van der Waals surface area (Å²) in [5, 5.41) is 6.52. The van der Waals surface area contributed by atoms with Gasteiger partial charge in [0, 0.05) is 51.0 Å². The number of amides is 2. The minimum absolute atomic E-state index is 0.0970. The van der Waals surface area contributed by atoms with Gasteiger partial charge in [-0.1, -0.05) is 19.0 Å². The lowest BCUT2D eigenvalue weighted by Crippen LogP contribution is -2.38. The molecule has 1 saturated heterocycles. The molecule has 1 aliphatic heterocycles. The zero-order valence-electron chi connectivity index (χ0n) is 17.4. The Bertz CT molecular complexity index is 871. The molecule has 0 saturated carbocycles. The molecule has 0 unspecified atom stereocenters. The summed E-state index contributed by atoms with van der Waals surface area (Å²) in [7, 11) is 1.59. The minimum atomic E-state index is -0.184. The van der Waals surface area contributed by atoms with E-state index in [-0.39, 0.29) is 23.7 Å². The average molecular weight is 400 g/mol. The van der Waals surface area contributed by atoms with Gasteiger partial charge in [0.25, 0.3) is 5.91 Å². The summed E-state index contributed by atoms with van der Waals surface area (Å²) in [5.41, 5.74) is 1.17. The molecule has 0 aliphatic carbocycles. The van der Waals surface area contributed by atoms with Crippen molar-refractivity contribution in [2.45, 2.75) is 58.3 Å². The van der Waals surface area contributed by atoms with Gasteiger partial charge in [-0.15, -0.1) is 0 Å². The molecule has 2 aromatic rings. The number of aryl methyl sites for hydroxylation is 2. The van der Waals surface area contributed by atoms with Crippen molar-refractivity contribution in [2.24, 2.45) is 0 Å². The van der Waals surface area contributed by atoms with Crippen molar-refractivity contribution in [1.82, 2.24) is 30.3 Å². The van der Waals surface area contributed by atoms with E-state index in [0.29, 0.717) is 48.9 Å². The first-order valence-electron chi connectivity index (χ1n) is 10.0. The van der Waals surface area contributed by atoms with Gasteiger partial charge in [-0.2, -0.15) is 4.98 Å². The molecule has 9 nitrogen and oxygen atoms in total. The second kappa shape index (κ2) is 9.11. The van der Waals surface area contributed by atoms with Gasteiger partial charge < -0.3 is 14.7 Å². The molecular formula is C20H28N6O3. The SMILES string of the molecule is CNC(=O)c1cnc(C2CCN(C(=O)CCc3nc(C(C)C)no3)CC2)nc1C. The van der Waals surface area contributed by atoms with Crippen molar-refractivity contribution in [1.29, 1.82) is 0 Å². The smallest absolute Gasteiger partial charge is 0.254 e. The first-order chi connectivity index (χ1) is 13.9. The molecule has 0 spiro atoms. The molecule has 3 heterocycles. The number of rotatable bonds is 6. The lowest BCUT2D eigenvalue weighted by atomic mass is 9.95. The Hall–Kier alpha value is -2.84. The van der Waals surface area contributed by atoms with Gasteiger partial charge in [0.05, 0.1) is 11.3 Å². The van der Waals surface area contributed by atoms with Gasteiger partial charge in [0.1, 0.15) is 5.82 Å². The Balaban J connectivity index is 1.51. The summed E-state index contributed by atoms with van der Waals surface area (Å²) in [6.07, 6.45) is 4.03. The highest BCUT2D eigenvalue weighted by atomic mass is 16.5. The van der Waals surface area contributed by atoms with Crippen molar-refractivity contribution in [3.8, 4) is 0 Å². The van der Waals surface area contributed by atoms with Crippen molar-refractivity contribution in [3.63, 3.8) is 0 Å². The van der Waals surface area contributed by atoms with Crippen LogP contribution in [-0.2, 0) is 11.2 Å². The molecule has 1 aliphatic rings. The lowest BCUT2D eigenvalue weighted by molar-refractivity contribution is -0.132. The van der Waals surface area contributed by atoms with Crippen molar-refractivity contribution in [2.75, 3.05) is 20.1 Å². The Labute approximate surface area is 170 Å². The number of hydrogen-bond acceptors (Lipinski definition) is 7. The van der Waals surface area contributed by atoms with E-state index >= 15 is 0 Å². The van der Waals surface area contributed by atoms with E-state index in [1.165, 1.54) is 0 Å². The zero-order chi connectivity index (χ0) is 21.0. The van der Waals surface area contributed by atoms with E-state index in [0.717, 1.165) is 18.7 Å². The number of carbonyl (C=O) groups excluding carboxylic acids is 2. The van der Waals surface area contributed by atoms with Crippen LogP contribution in [0.15, 0.2) is 10.7 Å². The number of nitrogens with zero attached hydrogens (tertiary/aromatic N) is 5. The Morgan fingerprint density at radius 2 is 2.00 bits per heavy atom. The van der Waals surface area contributed by atoms with Crippen molar-refractivity contribution < 1.29 is 14.1 Å². The zero-order valence-corrected chi connectivity index (χ0v) is 17.4. The standard InChI is InChI=1S/C20H28N6O3/c1-12(2)18-24-16(29-25-18)5-6-17(27)26-9-7-14(8-10-26)19-22-11-15(13(3)23-19)20(28)21-4/h11-12,14H,5-10H2,1-4H3,(H,21,28). The predicted octanol–water partition coefficient (Wildman–Crippen LogP) is 1.99. The maximum absolute atomic E-state index is 12.5. The number of hydrogen-bond donors (Lipinski definition) is 1. The summed E-state index contributed by atoms with van der Waals surface area (Å²) in [4.78, 5) is 39.4. The summed E-state index contributed by atoms with van der Waals surface area (Å²) >= 11 is 0. The topological polar surface area (TPSA) is 114 Å². The van der Waals surface area contributed by atoms with Crippen LogP contribution in [0.4, 0.5) is 0 Å². The largest absolute Gasteiger partial charge is 0.355 e. The third-order valence-electron chi connectivity index (χ3n) is 5.24. The van der Waals surface area contributed by atoms with Gasteiger partial charge in [0.2, 0.25) is 11.8 Å². The van der Waals surface area contributed by atoms with Gasteiger partial charge in [-0.25, -0.2) is 9.97 Å². The second-order valence-corrected chi connectivity index (χ2v) is 7.66. The molecule has 0 bridgehead atoms. The summed E-state index contributed by atoms with van der Waals surface area (Å²) in [5.74, 6) is 2.24. The molecule has 2 aromatic heterocycles. The fourth-order valence-corrected chi connectivity index (χ4v) is 3.40. The van der Waals surface area contributed by atoms with Gasteiger partial charge in [-0.3, -0.25) is 9.59 Å². The van der Waals surface area contributed by atoms with Gasteiger partial charge in [-0.05, 0) is 19.8 Å². The summed E-state index contributed by atoms with van der Waals surface area (Å²) < 4.78 is 5.21. The number of likely N-dealkylation sites (tertiary alicyclic amines) is 1. The monoisotopic (exact) mass is 400 g/mol. The molecule has 156 valence electrons. The van der Waals surface area contributed by atoms with E-state index < -0.39 is 0 Å². The fraction of sp³-hybridized carbons (Fsp3) is 0.600. The number of nitrogens with one attached hydrogen (secondary N) is 1. The fourth-order valence-electron chi connectivity index (χ4n) is 3.40. The first-order valence-corrected chi connectivity index (χ1v) is 10.0. The Morgan fingerprint density at radius 1 is 1.28 bits per heavy atom. The van der Waals surface area contributed by atoms with Crippen LogP contribution >= 0.6 is 0 Å². The van der Waals surface area contributed by atoms with Crippen LogP contribution in [0.3, 0.4) is 0 Å². The van der Waals surface area contributed by atoms with Gasteiger partial charge in [0.15, 0.2) is 5.82 Å². The molecular weight excluding hydrogens is 372 g/mol. The molecule has 0 aromatic carbocycles. The molecule has 29 heavy (non-hydrogen) atoms. The first kappa shape index (κ1) is 20.9. The second-order valence-electron chi connectivity index (χ2n) is 7.66. The highest BCUT2D eigenvalue weighted by Crippen LogP contribution is 2.26. The molecule has 1 N–H and O–H groups in total. The molecule has 0 radical (unpaired) electrons. The Kier molecular flexibility index (Phi) is 6.56. The average Bonchev–Trinajstić information content (AvgIpc) is 3.21. The summed E-state index contributed by atoms with van der Waals surface area (Å²) in [6, 6.07) is 0.